The van der Waals surface area contributed by atoms with Crippen molar-refractivity contribution >= 4 is 24.1 Å². The van der Waals surface area contributed by atoms with E-state index in [1.807, 2.05) is 12.1 Å². The van der Waals surface area contributed by atoms with Crippen molar-refractivity contribution in [1.82, 2.24) is 0 Å². The number of ether oxygens (including phenoxy) is 11. The Morgan fingerprint density at radius 2 is 1.00 bits per heavy atom. The van der Waals surface area contributed by atoms with Crippen molar-refractivity contribution in [3.8, 4) is 17.2 Å². The van der Waals surface area contributed by atoms with Gasteiger partial charge in [0.05, 0.1) is 57.5 Å². The molecule has 6 aliphatic heterocycles. The Morgan fingerprint density at radius 1 is 0.500 bits per heavy atom. The lowest BCUT2D eigenvalue weighted by atomic mass is 9.88. The van der Waals surface area contributed by atoms with Crippen LogP contribution in [0.25, 0.3) is 12.2 Å². The minimum atomic E-state index is -0.529. The highest BCUT2D eigenvalue weighted by Gasteiger charge is 2.30. The molecule has 0 bridgehead atoms. The van der Waals surface area contributed by atoms with Crippen LogP contribution in [0.2, 0.25) is 0 Å². The fraction of sp³-hybridized carbons (Fsp3) is 0.529. The van der Waals surface area contributed by atoms with Gasteiger partial charge in [-0.25, -0.2) is 9.59 Å². The fourth-order valence-corrected chi connectivity index (χ4v) is 7.95. The summed E-state index contributed by atoms with van der Waals surface area (Å²) in [5, 5.41) is 0. The standard InChI is InChI=1S/C51H60O13/c52-47(20-14-34-11-13-37(25-41-29-58-41)45(26-42-30-59-42)44(34)9-3-6-23-55-50-33-62-50)63-38-16-18-39(19-17-38)64-48(53)21-15-35-10-12-36(7-1-4-22-54-49-32-61-49)51(46(35)27-43-31-60-43)56-24-5-2-8-40-28-57-40/h10-21,40-43,49-50H,1-9,22-33H2/b20-14+,21-15+. The minimum absolute atomic E-state index is 0.0338. The lowest BCUT2D eigenvalue weighted by Gasteiger charge is -2.18. The summed E-state index contributed by atoms with van der Waals surface area (Å²) in [5.41, 5.74) is 7.85. The first kappa shape index (κ1) is 44.7. The van der Waals surface area contributed by atoms with Crippen molar-refractivity contribution in [2.24, 2.45) is 0 Å². The van der Waals surface area contributed by atoms with Crippen LogP contribution in [0.5, 0.6) is 17.2 Å². The lowest BCUT2D eigenvalue weighted by molar-refractivity contribution is -0.130. The Hall–Kier alpha value is -4.44. The molecule has 6 aliphatic rings. The van der Waals surface area contributed by atoms with Crippen LogP contribution in [0, 0.1) is 0 Å². The van der Waals surface area contributed by atoms with E-state index in [-0.39, 0.29) is 30.9 Å². The van der Waals surface area contributed by atoms with E-state index < -0.39 is 11.9 Å². The van der Waals surface area contributed by atoms with Crippen LogP contribution in [0.3, 0.4) is 0 Å². The van der Waals surface area contributed by atoms with E-state index in [0.717, 1.165) is 118 Å². The molecule has 0 aliphatic carbocycles. The van der Waals surface area contributed by atoms with Gasteiger partial charge >= 0.3 is 11.9 Å². The van der Waals surface area contributed by atoms with E-state index in [1.165, 1.54) is 28.8 Å². The number of epoxide rings is 6. The van der Waals surface area contributed by atoms with Crippen LogP contribution in [-0.4, -0.2) is 108 Å². The molecule has 6 saturated heterocycles. The number of aryl methyl sites for hydroxylation is 1. The van der Waals surface area contributed by atoms with Gasteiger partial charge in [-0.15, -0.1) is 0 Å². The van der Waals surface area contributed by atoms with Gasteiger partial charge in [0, 0.05) is 50.2 Å². The maximum absolute atomic E-state index is 13.1. The molecule has 13 heteroatoms. The van der Waals surface area contributed by atoms with Crippen molar-refractivity contribution in [3.63, 3.8) is 0 Å². The highest BCUT2D eigenvalue weighted by Crippen LogP contribution is 2.35. The summed E-state index contributed by atoms with van der Waals surface area (Å²) in [4.78, 5) is 26.2. The van der Waals surface area contributed by atoms with E-state index >= 15 is 0 Å². The third-order valence-corrected chi connectivity index (χ3v) is 12.0. The molecular formula is C51H60O13. The number of esters is 2. The number of carbonyl (C=O) groups is 2. The molecule has 3 aromatic rings. The Kier molecular flexibility index (Phi) is 15.5. The highest BCUT2D eigenvalue weighted by molar-refractivity contribution is 5.90. The quantitative estimate of drug-likeness (QED) is 0.0220. The van der Waals surface area contributed by atoms with Gasteiger partial charge in [-0.2, -0.15) is 0 Å². The smallest absolute Gasteiger partial charge is 0.336 e. The van der Waals surface area contributed by atoms with Gasteiger partial charge in [-0.3, -0.25) is 0 Å². The fourth-order valence-electron chi connectivity index (χ4n) is 7.95. The zero-order chi connectivity index (χ0) is 43.5. The van der Waals surface area contributed by atoms with E-state index in [2.05, 4.69) is 18.2 Å². The maximum atomic E-state index is 13.1. The summed E-state index contributed by atoms with van der Waals surface area (Å²) >= 11 is 0. The molecule has 13 nitrogen and oxygen atoms in total. The predicted molar refractivity (Wildman–Crippen MR) is 235 cm³/mol. The summed E-state index contributed by atoms with van der Waals surface area (Å²) in [6, 6.07) is 14.8. The van der Waals surface area contributed by atoms with Gasteiger partial charge in [0.25, 0.3) is 0 Å². The zero-order valence-electron chi connectivity index (χ0n) is 36.5. The Labute approximate surface area is 375 Å². The summed E-state index contributed by atoms with van der Waals surface area (Å²) in [6.45, 7) is 6.42. The Morgan fingerprint density at radius 3 is 1.56 bits per heavy atom. The van der Waals surface area contributed by atoms with Crippen LogP contribution in [0.4, 0.5) is 0 Å². The van der Waals surface area contributed by atoms with E-state index in [1.54, 1.807) is 30.3 Å². The molecule has 6 atom stereocenters. The number of benzene rings is 3. The van der Waals surface area contributed by atoms with Crippen molar-refractivity contribution in [1.29, 1.82) is 0 Å². The van der Waals surface area contributed by atoms with E-state index in [9.17, 15) is 9.59 Å². The second kappa shape index (κ2) is 22.2. The number of carbonyl (C=O) groups excluding carboxylic acids is 2. The Balaban J connectivity index is 0.808. The maximum Gasteiger partial charge on any atom is 0.336 e. The van der Waals surface area contributed by atoms with Crippen molar-refractivity contribution in [3.05, 3.63) is 99.6 Å². The first-order valence-corrected chi connectivity index (χ1v) is 23.2. The Bertz CT molecular complexity index is 2090. The minimum Gasteiger partial charge on any atom is -0.493 e. The molecule has 0 amide bonds. The molecule has 3 aromatic carbocycles. The molecule has 0 aromatic heterocycles. The summed E-state index contributed by atoms with van der Waals surface area (Å²) in [7, 11) is 0. The van der Waals surface area contributed by atoms with Crippen molar-refractivity contribution in [2.75, 3.05) is 59.5 Å². The van der Waals surface area contributed by atoms with Crippen molar-refractivity contribution in [2.45, 2.75) is 114 Å². The second-order valence-corrected chi connectivity index (χ2v) is 17.3. The first-order valence-electron chi connectivity index (χ1n) is 23.2. The topological polar surface area (TPSA) is 155 Å². The van der Waals surface area contributed by atoms with Gasteiger partial charge < -0.3 is 52.1 Å². The van der Waals surface area contributed by atoms with Crippen LogP contribution in [0.15, 0.2) is 60.7 Å². The molecule has 64 heavy (non-hydrogen) atoms. The van der Waals surface area contributed by atoms with E-state index in [4.69, 9.17) is 52.1 Å². The second-order valence-electron chi connectivity index (χ2n) is 17.3. The van der Waals surface area contributed by atoms with Crippen LogP contribution >= 0.6 is 0 Å². The number of rotatable bonds is 30. The molecule has 0 N–H and O–H groups in total. The number of hydrogen-bond donors (Lipinski definition) is 0. The molecule has 6 heterocycles. The molecule has 9 rings (SSSR count). The molecule has 6 fully saturated rings. The average Bonchev–Trinajstić information content (AvgIpc) is 4.07. The number of unbranched alkanes of at least 4 members (excludes halogenated alkanes) is 3. The molecule has 342 valence electrons. The highest BCUT2D eigenvalue weighted by atomic mass is 16.8. The van der Waals surface area contributed by atoms with Crippen LogP contribution in [-0.2, 0) is 79.6 Å². The molecular weight excluding hydrogens is 821 g/mol. The van der Waals surface area contributed by atoms with Gasteiger partial charge in [-0.1, -0.05) is 24.3 Å². The summed E-state index contributed by atoms with van der Waals surface area (Å²) < 4.78 is 61.8. The largest absolute Gasteiger partial charge is 0.493 e. The molecule has 6 unspecified atom stereocenters. The summed E-state index contributed by atoms with van der Waals surface area (Å²) in [6.07, 6.45) is 18.3. The van der Waals surface area contributed by atoms with Gasteiger partial charge in [0.15, 0.2) is 12.6 Å². The number of hydrogen-bond acceptors (Lipinski definition) is 13. The third-order valence-electron chi connectivity index (χ3n) is 12.0. The summed E-state index contributed by atoms with van der Waals surface area (Å²) in [5.74, 6) is 0.506. The zero-order valence-corrected chi connectivity index (χ0v) is 36.5. The SMILES string of the molecule is O=C(/C=C/c1ccc(CC2CO2)c(CC2CO2)c1CCCCOC1CO1)Oc1ccc(OC(=O)/C=C/c2ccc(CCCCOC3CO3)c(OCCCCC3CO3)c2CC2CO2)cc1. The van der Waals surface area contributed by atoms with E-state index in [0.29, 0.717) is 63.7 Å². The predicted octanol–water partition coefficient (Wildman–Crippen LogP) is 7.09. The van der Waals surface area contributed by atoms with Crippen LogP contribution in [0.1, 0.15) is 83.9 Å². The average molecular weight is 881 g/mol. The lowest BCUT2D eigenvalue weighted by Crippen LogP contribution is -2.09. The van der Waals surface area contributed by atoms with Gasteiger partial charge in [0.1, 0.15) is 30.5 Å². The molecule has 0 spiro atoms. The normalized spacial score (nSPS) is 23.6. The third kappa shape index (κ3) is 14.8. The first-order chi connectivity index (χ1) is 31.5. The molecule has 0 radical (unpaired) electrons. The van der Waals surface area contributed by atoms with Crippen LogP contribution < -0.4 is 14.2 Å². The monoisotopic (exact) mass is 880 g/mol. The van der Waals surface area contributed by atoms with Crippen molar-refractivity contribution < 1.29 is 61.7 Å². The van der Waals surface area contributed by atoms with Gasteiger partial charge in [-0.05, 0) is 128 Å². The molecule has 0 saturated carbocycles. The van der Waals surface area contributed by atoms with Gasteiger partial charge in [0.2, 0.25) is 0 Å².